The average molecular weight is 908 g/mol. The van der Waals surface area contributed by atoms with Crippen LogP contribution in [0, 0.1) is 6.92 Å². The predicted molar refractivity (Wildman–Crippen MR) is 231 cm³/mol. The van der Waals surface area contributed by atoms with Gasteiger partial charge < -0.3 is 25.0 Å². The van der Waals surface area contributed by atoms with Gasteiger partial charge >= 0.3 is 0 Å². The molecule has 0 atom stereocenters. The minimum atomic E-state index is -3.00. The molecule has 5 aromatic rings. The summed E-state index contributed by atoms with van der Waals surface area (Å²) in [6, 6.07) is 16.8. The van der Waals surface area contributed by atoms with Crippen LogP contribution in [0.4, 0.5) is 16.0 Å². The Balaban J connectivity index is 1.31. The fraction of sp³-hybridized carbons (Fsp3) is 0.333. The number of rotatable bonds is 14. The number of allylic oxidation sites excluding steroid dienone is 3. The molecule has 6 rings (SSSR count). The molecule has 0 aliphatic carbocycles. The van der Waals surface area contributed by atoms with Gasteiger partial charge in [0, 0.05) is 34.3 Å². The number of halogens is 2. The van der Waals surface area contributed by atoms with E-state index < -0.39 is 21.6 Å². The lowest BCUT2D eigenvalue weighted by Gasteiger charge is -2.33. The first-order valence-electron chi connectivity index (χ1n) is 18.7. The van der Waals surface area contributed by atoms with E-state index in [9.17, 15) is 17.6 Å². The summed E-state index contributed by atoms with van der Waals surface area (Å²) in [6.07, 6.45) is 8.61. The fourth-order valence-corrected chi connectivity index (χ4v) is 8.07. The Kier molecular flexibility index (Phi) is 13.3. The van der Waals surface area contributed by atoms with E-state index in [1.165, 1.54) is 25.0 Å². The van der Waals surface area contributed by atoms with Crippen molar-refractivity contribution in [2.75, 3.05) is 51.2 Å². The molecular weight excluding hydrogens is 860 g/mol. The Morgan fingerprint density at radius 3 is 2.49 bits per heavy atom. The van der Waals surface area contributed by atoms with E-state index in [0.717, 1.165) is 31.5 Å². The number of fused-ring (bicyclic) bond motifs is 1. The highest BCUT2D eigenvalue weighted by atomic mass is 127. The molecule has 0 bridgehead atoms. The topological polar surface area (TPSA) is 140 Å². The lowest BCUT2D eigenvalue weighted by Crippen LogP contribution is -2.36. The number of nitrogens with zero attached hydrogens (tertiary/aromatic N) is 5. The van der Waals surface area contributed by atoms with Crippen LogP contribution in [0.1, 0.15) is 60.5 Å². The van der Waals surface area contributed by atoms with Crippen molar-refractivity contribution in [3.8, 4) is 34.1 Å². The number of hydrogen-bond acceptors (Lipinski definition) is 10. The maximum atomic E-state index is 15.0. The van der Waals surface area contributed by atoms with Crippen molar-refractivity contribution in [2.24, 2.45) is 0 Å². The number of pyridine rings is 1. The first-order chi connectivity index (χ1) is 27.3. The van der Waals surface area contributed by atoms with Gasteiger partial charge in [-0.25, -0.2) is 27.8 Å². The fourth-order valence-electron chi connectivity index (χ4n) is 7.09. The van der Waals surface area contributed by atoms with Crippen LogP contribution in [-0.2, 0) is 9.84 Å². The van der Waals surface area contributed by atoms with Crippen molar-refractivity contribution in [2.45, 2.75) is 46.0 Å². The summed E-state index contributed by atoms with van der Waals surface area (Å²) in [7, 11) is 0.115. The lowest BCUT2D eigenvalue weighted by atomic mass is 9.86. The molecule has 15 heteroatoms. The quantitative estimate of drug-likeness (QED) is 0.0825. The van der Waals surface area contributed by atoms with Crippen LogP contribution in [0.15, 0.2) is 88.2 Å². The SMILES string of the molecule is CC/C=C(F)\C(NC(=O)c1cc(-c2nc3ccccn3c2-c2ccnc(Nc3cc(C)c(C4CCN(CCS(C)(=O)=O)CC4)cc3OC)n2)ccc1OC)=C(/C)I. The number of anilines is 2. The van der Waals surface area contributed by atoms with Crippen molar-refractivity contribution in [3.63, 3.8) is 0 Å². The van der Waals surface area contributed by atoms with Gasteiger partial charge in [0.1, 0.15) is 32.8 Å². The molecule has 0 saturated carbocycles. The summed E-state index contributed by atoms with van der Waals surface area (Å²) in [5.41, 5.74) is 6.47. The molecule has 3 aromatic heterocycles. The molecule has 0 spiro atoms. The van der Waals surface area contributed by atoms with E-state index in [-0.39, 0.29) is 17.0 Å². The Bertz CT molecular complexity index is 2460. The van der Waals surface area contributed by atoms with Crippen LogP contribution >= 0.6 is 22.6 Å². The van der Waals surface area contributed by atoms with E-state index in [1.807, 2.05) is 70.4 Å². The van der Waals surface area contributed by atoms with Gasteiger partial charge in [-0.15, -0.1) is 0 Å². The molecule has 2 aromatic carbocycles. The van der Waals surface area contributed by atoms with E-state index in [2.05, 4.69) is 33.5 Å². The molecule has 57 heavy (non-hydrogen) atoms. The number of carbonyl (C=O) groups is 1. The van der Waals surface area contributed by atoms with Crippen LogP contribution in [-0.4, -0.2) is 84.4 Å². The molecule has 1 amide bonds. The summed E-state index contributed by atoms with van der Waals surface area (Å²) in [5, 5.41) is 6.12. The first-order valence-corrected chi connectivity index (χ1v) is 21.8. The zero-order valence-electron chi connectivity index (χ0n) is 32.9. The second kappa shape index (κ2) is 18.2. The van der Waals surface area contributed by atoms with E-state index in [1.54, 1.807) is 38.4 Å². The highest BCUT2D eigenvalue weighted by Crippen LogP contribution is 2.39. The normalized spacial score (nSPS) is 14.7. The highest BCUT2D eigenvalue weighted by molar-refractivity contribution is 14.1. The molecule has 0 radical (unpaired) electrons. The van der Waals surface area contributed by atoms with Gasteiger partial charge in [-0.1, -0.05) is 13.0 Å². The summed E-state index contributed by atoms with van der Waals surface area (Å²) in [4.78, 5) is 30.4. The largest absolute Gasteiger partial charge is 0.496 e. The van der Waals surface area contributed by atoms with Crippen LogP contribution < -0.4 is 20.1 Å². The maximum absolute atomic E-state index is 15.0. The minimum Gasteiger partial charge on any atom is -0.496 e. The Morgan fingerprint density at radius 1 is 1.05 bits per heavy atom. The van der Waals surface area contributed by atoms with Gasteiger partial charge in [0.05, 0.1) is 54.0 Å². The Labute approximate surface area is 346 Å². The van der Waals surface area contributed by atoms with Crippen molar-refractivity contribution < 1.29 is 27.1 Å². The minimum absolute atomic E-state index is 0.107. The van der Waals surface area contributed by atoms with E-state index in [4.69, 9.17) is 19.4 Å². The maximum Gasteiger partial charge on any atom is 0.259 e. The lowest BCUT2D eigenvalue weighted by molar-refractivity contribution is 0.0962. The van der Waals surface area contributed by atoms with Crippen molar-refractivity contribution in [3.05, 3.63) is 105 Å². The molecule has 1 saturated heterocycles. The number of carbonyl (C=O) groups excluding carboxylic acids is 1. The smallest absolute Gasteiger partial charge is 0.259 e. The molecule has 12 nitrogen and oxygen atoms in total. The predicted octanol–water partition coefficient (Wildman–Crippen LogP) is 8.41. The molecule has 1 fully saturated rings. The van der Waals surface area contributed by atoms with Gasteiger partial charge in [0.25, 0.3) is 5.91 Å². The number of piperidine rings is 1. The molecule has 0 unspecified atom stereocenters. The van der Waals surface area contributed by atoms with Gasteiger partial charge in [0.2, 0.25) is 5.95 Å². The number of benzene rings is 2. The van der Waals surface area contributed by atoms with Crippen molar-refractivity contribution in [1.29, 1.82) is 0 Å². The molecule has 300 valence electrons. The van der Waals surface area contributed by atoms with Crippen LogP contribution in [0.2, 0.25) is 0 Å². The van der Waals surface area contributed by atoms with Gasteiger partial charge in [-0.2, -0.15) is 0 Å². The van der Waals surface area contributed by atoms with Crippen LogP contribution in [0.3, 0.4) is 0 Å². The third kappa shape index (κ3) is 9.82. The summed E-state index contributed by atoms with van der Waals surface area (Å²) in [6.45, 7) is 7.87. The van der Waals surface area contributed by atoms with Gasteiger partial charge in [0.15, 0.2) is 0 Å². The number of aryl methyl sites for hydroxylation is 1. The number of ether oxygens (including phenoxy) is 2. The zero-order chi connectivity index (χ0) is 40.9. The average Bonchev–Trinajstić information content (AvgIpc) is 3.59. The van der Waals surface area contributed by atoms with Crippen molar-refractivity contribution >= 4 is 55.6 Å². The number of methoxy groups -OCH3 is 2. The molecule has 2 N–H and O–H groups in total. The Hall–Kier alpha value is -4.87. The van der Waals surface area contributed by atoms with Crippen LogP contribution in [0.25, 0.3) is 28.3 Å². The number of amides is 1. The van der Waals surface area contributed by atoms with E-state index >= 15 is 0 Å². The highest BCUT2D eigenvalue weighted by Gasteiger charge is 2.25. The van der Waals surface area contributed by atoms with Gasteiger partial charge in [-0.3, -0.25) is 9.20 Å². The number of aromatic nitrogens is 4. The molecule has 1 aliphatic heterocycles. The Morgan fingerprint density at radius 2 is 1.81 bits per heavy atom. The number of nitrogens with one attached hydrogen (secondary N) is 2. The number of sulfone groups is 1. The second-order valence-electron chi connectivity index (χ2n) is 14.0. The standard InChI is InChI=1S/C42H47FIN7O5S/c1-7-10-32(43)38(27(3)44)49-41(52)31-24-29(12-13-35(31)55-4)39-40(51-18-9-8-11-37(51)48-39)33-14-17-45-42(46-33)47-34-23-26(2)30(25-36(34)56-5)28-15-19-50(20-16-28)21-22-57(6,53)54/h8-14,17-18,23-25,28H,7,15-16,19-22H2,1-6H3,(H,49,52)(H,45,46,47)/b32-10+,38-27-. The zero-order valence-corrected chi connectivity index (χ0v) is 35.9. The van der Waals surface area contributed by atoms with E-state index in [0.29, 0.717) is 73.9 Å². The molecule has 4 heterocycles. The monoisotopic (exact) mass is 907 g/mol. The summed E-state index contributed by atoms with van der Waals surface area (Å²) >= 11 is 1.99. The van der Waals surface area contributed by atoms with Crippen LogP contribution in [0.5, 0.6) is 11.5 Å². The summed E-state index contributed by atoms with van der Waals surface area (Å²) < 4.78 is 52.3. The number of imidazole rings is 1. The first kappa shape index (κ1) is 41.8. The molecule has 1 aliphatic rings. The van der Waals surface area contributed by atoms with Crippen molar-refractivity contribution in [1.82, 2.24) is 29.6 Å². The second-order valence-corrected chi connectivity index (χ2v) is 17.9. The third-order valence-corrected chi connectivity index (χ3v) is 11.5. The number of likely N-dealkylation sites (tertiary alicyclic amines) is 1. The van der Waals surface area contributed by atoms with Gasteiger partial charge in [-0.05, 0) is 140 Å². The summed E-state index contributed by atoms with van der Waals surface area (Å²) in [5.74, 6) is 0.797. The number of hydrogen-bond donors (Lipinski definition) is 2. The molecular formula is C42H47FIN7O5S. The third-order valence-electron chi connectivity index (χ3n) is 9.99.